The molecule has 2 aliphatic carbocycles. The van der Waals surface area contributed by atoms with Crippen LogP contribution < -0.4 is 0 Å². The molecule has 3 saturated heterocycles. The molecule has 10 atom stereocenters. The largest absolute Gasteiger partial charge is 0.463 e. The number of esters is 2. The highest BCUT2D eigenvalue weighted by atomic mass is 16.7. The molecule has 2 bridgehead atoms. The molecule has 0 aromatic rings. The third-order valence-corrected chi connectivity index (χ3v) is 10.1. The fourth-order valence-electron chi connectivity index (χ4n) is 7.37. The second kappa shape index (κ2) is 8.99. The van der Waals surface area contributed by atoms with Crippen molar-refractivity contribution in [3.8, 4) is 0 Å². The van der Waals surface area contributed by atoms with Gasteiger partial charge < -0.3 is 33.5 Å². The van der Waals surface area contributed by atoms with Gasteiger partial charge in [0.05, 0.1) is 36.9 Å². The monoisotopic (exact) mass is 530 g/mol. The molecule has 9 nitrogen and oxygen atoms in total. The second-order valence-electron chi connectivity index (χ2n) is 12.2. The van der Waals surface area contributed by atoms with Gasteiger partial charge in [0.25, 0.3) is 0 Å². The number of hydrogen-bond donors (Lipinski definition) is 1. The Hall–Kier alpha value is -2.04. The number of aliphatic hydroxyl groups excluding tert-OH is 1. The van der Waals surface area contributed by atoms with Crippen molar-refractivity contribution >= 4 is 11.9 Å². The van der Waals surface area contributed by atoms with Crippen LogP contribution in [-0.4, -0.2) is 84.7 Å². The summed E-state index contributed by atoms with van der Waals surface area (Å²) in [7, 11) is 0. The molecule has 4 heterocycles. The predicted octanol–water partition coefficient (Wildman–Crippen LogP) is 2.55. The van der Waals surface area contributed by atoms with Crippen molar-refractivity contribution in [2.75, 3.05) is 19.8 Å². The van der Waals surface area contributed by atoms with Gasteiger partial charge in [0, 0.05) is 24.3 Å². The Balaban J connectivity index is 1.35. The van der Waals surface area contributed by atoms with Gasteiger partial charge in [0.1, 0.15) is 30.0 Å². The fourth-order valence-corrected chi connectivity index (χ4v) is 7.37. The van der Waals surface area contributed by atoms with Crippen molar-refractivity contribution in [2.24, 2.45) is 10.8 Å². The average molecular weight is 531 g/mol. The van der Waals surface area contributed by atoms with Crippen molar-refractivity contribution in [3.63, 3.8) is 0 Å². The molecule has 6 aliphatic rings. The molecule has 4 aliphatic heterocycles. The average Bonchev–Trinajstić information content (AvgIpc) is 3.77. The zero-order valence-electron chi connectivity index (χ0n) is 22.5. The first-order valence-corrected chi connectivity index (χ1v) is 13.7. The van der Waals surface area contributed by atoms with E-state index in [9.17, 15) is 14.7 Å². The molecular weight excluding hydrogens is 492 g/mol. The zero-order valence-corrected chi connectivity index (χ0v) is 22.5. The molecule has 9 heteroatoms. The molecule has 38 heavy (non-hydrogen) atoms. The molecule has 10 unspecified atom stereocenters. The number of hydrogen-bond acceptors (Lipinski definition) is 9. The lowest BCUT2D eigenvalue weighted by molar-refractivity contribution is -0.233. The first kappa shape index (κ1) is 26.2. The summed E-state index contributed by atoms with van der Waals surface area (Å²) in [5, 5.41) is 10.1. The Labute approximate surface area is 223 Å². The van der Waals surface area contributed by atoms with Crippen molar-refractivity contribution in [3.05, 3.63) is 36.0 Å². The summed E-state index contributed by atoms with van der Waals surface area (Å²) in [6, 6.07) is 0. The number of cyclic esters (lactones) is 1. The second-order valence-corrected chi connectivity index (χ2v) is 12.2. The number of epoxide rings is 2. The van der Waals surface area contributed by atoms with E-state index in [4.69, 9.17) is 28.4 Å². The first-order valence-electron chi connectivity index (χ1n) is 13.7. The van der Waals surface area contributed by atoms with E-state index < -0.39 is 58.4 Å². The van der Waals surface area contributed by atoms with Crippen LogP contribution in [0.15, 0.2) is 36.0 Å². The minimum atomic E-state index is -0.754. The third-order valence-electron chi connectivity index (χ3n) is 10.1. The minimum absolute atomic E-state index is 0.123. The van der Waals surface area contributed by atoms with Gasteiger partial charge in [0.2, 0.25) is 0 Å². The van der Waals surface area contributed by atoms with E-state index >= 15 is 0 Å². The van der Waals surface area contributed by atoms with Gasteiger partial charge in [0.15, 0.2) is 6.10 Å². The molecule has 0 aromatic heterocycles. The van der Waals surface area contributed by atoms with Crippen LogP contribution in [-0.2, 0) is 38.0 Å². The highest BCUT2D eigenvalue weighted by molar-refractivity contribution is 5.82. The van der Waals surface area contributed by atoms with Gasteiger partial charge in [-0.05, 0) is 33.6 Å². The van der Waals surface area contributed by atoms with Gasteiger partial charge in [-0.15, -0.1) is 0 Å². The molecule has 1 N–H and O–H groups in total. The Morgan fingerprint density at radius 3 is 2.63 bits per heavy atom. The van der Waals surface area contributed by atoms with E-state index in [1.165, 1.54) is 11.6 Å². The third kappa shape index (κ3) is 3.84. The maximum atomic E-state index is 13.2. The van der Waals surface area contributed by atoms with Crippen LogP contribution in [0.4, 0.5) is 0 Å². The summed E-state index contributed by atoms with van der Waals surface area (Å²) in [6.45, 7) is 8.66. The quantitative estimate of drug-likeness (QED) is 0.310. The lowest BCUT2D eigenvalue weighted by atomic mass is 9.51. The maximum absolute atomic E-state index is 13.2. The van der Waals surface area contributed by atoms with Crippen LogP contribution in [0.25, 0.3) is 0 Å². The molecule has 1 saturated carbocycles. The van der Waals surface area contributed by atoms with Gasteiger partial charge in [-0.3, -0.25) is 0 Å². The number of ether oxygens (including phenoxy) is 6. The smallest absolute Gasteiger partial charge is 0.338 e. The summed E-state index contributed by atoms with van der Waals surface area (Å²) in [5.74, 6) is -0.876. The lowest BCUT2D eigenvalue weighted by Gasteiger charge is -2.58. The number of carbonyl (C=O) groups is 2. The summed E-state index contributed by atoms with van der Waals surface area (Å²) in [5.41, 5.74) is -1.25. The van der Waals surface area contributed by atoms with Crippen molar-refractivity contribution in [2.45, 2.75) is 101 Å². The van der Waals surface area contributed by atoms with Gasteiger partial charge in [-0.1, -0.05) is 36.8 Å². The summed E-state index contributed by atoms with van der Waals surface area (Å²) in [4.78, 5) is 26.2. The highest BCUT2D eigenvalue weighted by Gasteiger charge is 2.83. The van der Waals surface area contributed by atoms with E-state index in [0.717, 1.165) is 12.8 Å². The van der Waals surface area contributed by atoms with Gasteiger partial charge >= 0.3 is 11.9 Å². The molecular formula is C29H38O9. The number of rotatable bonds is 1. The highest BCUT2D eigenvalue weighted by Crippen LogP contribution is 2.72. The summed E-state index contributed by atoms with van der Waals surface area (Å²) in [6.07, 6.45) is 8.08. The Morgan fingerprint density at radius 2 is 1.89 bits per heavy atom. The molecule has 208 valence electrons. The Morgan fingerprint density at radius 1 is 1.11 bits per heavy atom. The minimum Gasteiger partial charge on any atom is -0.463 e. The van der Waals surface area contributed by atoms with Crippen molar-refractivity contribution in [1.29, 1.82) is 0 Å². The first-order chi connectivity index (χ1) is 18.0. The molecule has 0 aromatic carbocycles. The maximum Gasteiger partial charge on any atom is 0.338 e. The van der Waals surface area contributed by atoms with Crippen LogP contribution in [0.2, 0.25) is 0 Å². The molecule has 6 rings (SSSR count). The normalized spacial score (nSPS) is 50.8. The molecule has 0 amide bonds. The Kier molecular flexibility index (Phi) is 6.20. The van der Waals surface area contributed by atoms with Crippen LogP contribution in [0.5, 0.6) is 0 Å². The molecule has 4 fully saturated rings. The van der Waals surface area contributed by atoms with E-state index in [1.807, 2.05) is 6.92 Å². The SMILES string of the molecule is CC1=CC2OC3CC4OC(=O)/C=C\C=C/C(C(C)O)OCCC5(C)OC5C(=O)OCC2(CC1)C4(C)C31CO1. The van der Waals surface area contributed by atoms with Crippen LogP contribution >= 0.6 is 0 Å². The zero-order chi connectivity index (χ0) is 26.9. The number of carbonyl (C=O) groups excluding carboxylic acids is 2. The fraction of sp³-hybridized carbons (Fsp3) is 0.724. The van der Waals surface area contributed by atoms with E-state index in [1.54, 1.807) is 25.2 Å². The standard InChI is InChI=1S/C29H38O9/c1-17-9-10-28-15-34-25(32)24-26(3,38-24)11-12-33-19(18(2)30)7-5-6-8-23(31)37-20-14-22(36-21(28)13-17)29(16-35-29)27(20,28)4/h5-8,13,18-22,24,30H,9-12,14-16H2,1-4H3/b7-5-,8-6-. The predicted molar refractivity (Wildman–Crippen MR) is 134 cm³/mol. The van der Waals surface area contributed by atoms with E-state index in [-0.39, 0.29) is 25.4 Å². The van der Waals surface area contributed by atoms with Gasteiger partial charge in [-0.2, -0.15) is 0 Å². The van der Waals surface area contributed by atoms with Crippen molar-refractivity contribution < 1.29 is 43.1 Å². The lowest BCUT2D eigenvalue weighted by Crippen LogP contribution is -2.66. The van der Waals surface area contributed by atoms with E-state index in [0.29, 0.717) is 19.4 Å². The van der Waals surface area contributed by atoms with E-state index in [2.05, 4.69) is 19.9 Å². The number of fused-ring (bicyclic) bond motifs is 1. The number of aliphatic hydroxyl groups is 1. The summed E-state index contributed by atoms with van der Waals surface area (Å²) < 4.78 is 36.6. The molecule has 2 spiro atoms. The summed E-state index contributed by atoms with van der Waals surface area (Å²) >= 11 is 0. The Bertz CT molecular complexity index is 1090. The van der Waals surface area contributed by atoms with Crippen LogP contribution in [0.3, 0.4) is 0 Å². The topological polar surface area (TPSA) is 116 Å². The number of allylic oxidation sites excluding steroid dienone is 3. The van der Waals surface area contributed by atoms with Gasteiger partial charge in [-0.25, -0.2) is 9.59 Å². The van der Waals surface area contributed by atoms with Crippen LogP contribution in [0, 0.1) is 10.8 Å². The molecule has 0 radical (unpaired) electrons. The van der Waals surface area contributed by atoms with Crippen LogP contribution in [0.1, 0.15) is 53.4 Å². The van der Waals surface area contributed by atoms with Crippen molar-refractivity contribution in [1.82, 2.24) is 0 Å².